The van der Waals surface area contributed by atoms with Crippen molar-refractivity contribution in [3.05, 3.63) is 0 Å². The summed E-state index contributed by atoms with van der Waals surface area (Å²) in [5.74, 6) is 1.91. The zero-order chi connectivity index (χ0) is 9.57. The highest BCUT2D eigenvalue weighted by Gasteiger charge is 2.45. The van der Waals surface area contributed by atoms with E-state index >= 15 is 0 Å². The van der Waals surface area contributed by atoms with Crippen LogP contribution in [0.15, 0.2) is 0 Å². The van der Waals surface area contributed by atoms with Crippen molar-refractivity contribution < 1.29 is 0 Å². The molecule has 0 N–H and O–H groups in total. The molecule has 2 atom stereocenters. The molecule has 0 heteroatoms. The van der Waals surface area contributed by atoms with E-state index in [2.05, 4.69) is 41.5 Å². The van der Waals surface area contributed by atoms with Gasteiger partial charge in [0.1, 0.15) is 0 Å². The van der Waals surface area contributed by atoms with E-state index in [9.17, 15) is 0 Å². The van der Waals surface area contributed by atoms with Crippen LogP contribution < -0.4 is 0 Å². The first kappa shape index (κ1) is 10.1. The summed E-state index contributed by atoms with van der Waals surface area (Å²) in [6.45, 7) is 14.3. The SMILES string of the molecule is CC1CC(C)(C)C1CC(C)(C)C. The van der Waals surface area contributed by atoms with E-state index in [1.165, 1.54) is 12.8 Å². The molecule has 0 saturated heterocycles. The third-order valence-electron chi connectivity index (χ3n) is 3.37. The van der Waals surface area contributed by atoms with Crippen LogP contribution in [0.25, 0.3) is 0 Å². The summed E-state index contributed by atoms with van der Waals surface area (Å²) in [6, 6.07) is 0. The molecule has 2 unspecified atom stereocenters. The fourth-order valence-corrected chi connectivity index (χ4v) is 2.87. The number of hydrogen-bond acceptors (Lipinski definition) is 0. The van der Waals surface area contributed by atoms with Crippen LogP contribution in [0.4, 0.5) is 0 Å². The largest absolute Gasteiger partial charge is 0.0622 e. The zero-order valence-electron chi connectivity index (χ0n) is 9.57. The molecule has 1 fully saturated rings. The highest BCUT2D eigenvalue weighted by molar-refractivity contribution is 4.95. The normalized spacial score (nSPS) is 34.5. The van der Waals surface area contributed by atoms with Gasteiger partial charge in [-0.15, -0.1) is 0 Å². The second-order valence-electron chi connectivity index (χ2n) is 6.54. The Hall–Kier alpha value is 0. The summed E-state index contributed by atoms with van der Waals surface area (Å²) in [7, 11) is 0. The van der Waals surface area contributed by atoms with Crippen molar-refractivity contribution in [2.24, 2.45) is 22.7 Å². The molecular weight excluding hydrogens is 144 g/mol. The van der Waals surface area contributed by atoms with Crippen molar-refractivity contribution in [3.8, 4) is 0 Å². The Kier molecular flexibility index (Phi) is 2.31. The smallest absolute Gasteiger partial charge is 0.0321 e. The van der Waals surface area contributed by atoms with Gasteiger partial charge in [0, 0.05) is 0 Å². The molecule has 0 nitrogen and oxygen atoms in total. The molecule has 0 bridgehead atoms. The monoisotopic (exact) mass is 168 g/mol. The molecular formula is C12H24. The molecule has 0 amide bonds. The molecule has 1 saturated carbocycles. The van der Waals surface area contributed by atoms with Crippen molar-refractivity contribution >= 4 is 0 Å². The van der Waals surface area contributed by atoms with Gasteiger partial charge in [0.15, 0.2) is 0 Å². The Bertz CT molecular complexity index is 159. The van der Waals surface area contributed by atoms with Gasteiger partial charge < -0.3 is 0 Å². The van der Waals surface area contributed by atoms with Gasteiger partial charge >= 0.3 is 0 Å². The maximum atomic E-state index is 2.42. The second-order valence-corrected chi connectivity index (χ2v) is 6.54. The molecule has 1 aliphatic rings. The Balaban J connectivity index is 2.52. The van der Waals surface area contributed by atoms with Crippen LogP contribution in [-0.4, -0.2) is 0 Å². The molecule has 0 radical (unpaired) electrons. The van der Waals surface area contributed by atoms with Gasteiger partial charge in [-0.3, -0.25) is 0 Å². The summed E-state index contributed by atoms with van der Waals surface area (Å²) >= 11 is 0. The van der Waals surface area contributed by atoms with Crippen molar-refractivity contribution in [3.63, 3.8) is 0 Å². The highest BCUT2D eigenvalue weighted by atomic mass is 14.5. The van der Waals surface area contributed by atoms with E-state index in [1.54, 1.807) is 0 Å². The summed E-state index contributed by atoms with van der Waals surface area (Å²) in [5, 5.41) is 0. The molecule has 0 aromatic carbocycles. The number of rotatable bonds is 1. The summed E-state index contributed by atoms with van der Waals surface area (Å²) in [4.78, 5) is 0. The minimum Gasteiger partial charge on any atom is -0.0622 e. The van der Waals surface area contributed by atoms with Crippen molar-refractivity contribution in [1.82, 2.24) is 0 Å². The van der Waals surface area contributed by atoms with Gasteiger partial charge in [-0.05, 0) is 35.5 Å². The second kappa shape index (κ2) is 2.75. The highest BCUT2D eigenvalue weighted by Crippen LogP contribution is 2.54. The molecule has 0 spiro atoms. The lowest BCUT2D eigenvalue weighted by Gasteiger charge is -2.52. The van der Waals surface area contributed by atoms with E-state index in [0.29, 0.717) is 10.8 Å². The van der Waals surface area contributed by atoms with Crippen LogP contribution in [0.5, 0.6) is 0 Å². The lowest BCUT2D eigenvalue weighted by molar-refractivity contribution is -0.0272. The standard InChI is InChI=1S/C12H24/c1-9-7-12(5,6)10(9)8-11(2,3)4/h9-10H,7-8H2,1-6H3. The van der Waals surface area contributed by atoms with Gasteiger partial charge in [0.05, 0.1) is 0 Å². The average molecular weight is 168 g/mol. The van der Waals surface area contributed by atoms with Crippen molar-refractivity contribution in [1.29, 1.82) is 0 Å². The van der Waals surface area contributed by atoms with Gasteiger partial charge in [-0.2, -0.15) is 0 Å². The van der Waals surface area contributed by atoms with Crippen LogP contribution in [0.2, 0.25) is 0 Å². The lowest BCUT2D eigenvalue weighted by Crippen LogP contribution is -2.44. The third kappa shape index (κ3) is 2.02. The molecule has 1 aliphatic carbocycles. The summed E-state index contributed by atoms with van der Waals surface area (Å²) in [6.07, 6.45) is 2.81. The van der Waals surface area contributed by atoms with Gasteiger partial charge in [0.2, 0.25) is 0 Å². The van der Waals surface area contributed by atoms with E-state index in [-0.39, 0.29) is 0 Å². The quantitative estimate of drug-likeness (QED) is 0.553. The summed E-state index contributed by atoms with van der Waals surface area (Å²) < 4.78 is 0. The Morgan fingerprint density at radius 2 is 1.75 bits per heavy atom. The average Bonchev–Trinajstić information content (AvgIpc) is 1.81. The van der Waals surface area contributed by atoms with Crippen LogP contribution in [0.1, 0.15) is 54.4 Å². The van der Waals surface area contributed by atoms with Gasteiger partial charge in [-0.25, -0.2) is 0 Å². The molecule has 0 aromatic rings. The molecule has 0 aromatic heterocycles. The number of hydrogen-bond donors (Lipinski definition) is 0. The summed E-state index contributed by atoms with van der Waals surface area (Å²) in [5.41, 5.74) is 1.13. The first-order chi connectivity index (χ1) is 5.22. The first-order valence-electron chi connectivity index (χ1n) is 5.22. The van der Waals surface area contributed by atoms with E-state index < -0.39 is 0 Å². The minimum atomic E-state index is 0.511. The molecule has 72 valence electrons. The first-order valence-corrected chi connectivity index (χ1v) is 5.22. The predicted octanol–water partition coefficient (Wildman–Crippen LogP) is 4.10. The van der Waals surface area contributed by atoms with Crippen molar-refractivity contribution in [2.45, 2.75) is 54.4 Å². The Morgan fingerprint density at radius 3 is 1.92 bits per heavy atom. The fourth-order valence-electron chi connectivity index (χ4n) is 2.87. The molecule has 0 heterocycles. The van der Waals surface area contributed by atoms with E-state index in [0.717, 1.165) is 11.8 Å². The van der Waals surface area contributed by atoms with E-state index in [1.807, 2.05) is 0 Å². The zero-order valence-corrected chi connectivity index (χ0v) is 9.57. The minimum absolute atomic E-state index is 0.511. The topological polar surface area (TPSA) is 0 Å². The van der Waals surface area contributed by atoms with Crippen LogP contribution in [0.3, 0.4) is 0 Å². The third-order valence-corrected chi connectivity index (χ3v) is 3.37. The molecule has 0 aliphatic heterocycles. The lowest BCUT2D eigenvalue weighted by atomic mass is 9.53. The van der Waals surface area contributed by atoms with Crippen LogP contribution >= 0.6 is 0 Å². The predicted molar refractivity (Wildman–Crippen MR) is 55.1 cm³/mol. The maximum Gasteiger partial charge on any atom is -0.0321 e. The fraction of sp³-hybridized carbons (Fsp3) is 1.00. The molecule has 1 rings (SSSR count). The Morgan fingerprint density at radius 1 is 1.25 bits per heavy atom. The molecule has 12 heavy (non-hydrogen) atoms. The van der Waals surface area contributed by atoms with Crippen LogP contribution in [0, 0.1) is 22.7 Å². The van der Waals surface area contributed by atoms with Crippen molar-refractivity contribution in [2.75, 3.05) is 0 Å². The van der Waals surface area contributed by atoms with Gasteiger partial charge in [0.25, 0.3) is 0 Å². The Labute approximate surface area is 77.7 Å². The van der Waals surface area contributed by atoms with Crippen LogP contribution in [-0.2, 0) is 0 Å². The van der Waals surface area contributed by atoms with Gasteiger partial charge in [-0.1, -0.05) is 41.5 Å². The van der Waals surface area contributed by atoms with E-state index in [4.69, 9.17) is 0 Å². The maximum absolute atomic E-state index is 2.42.